The number of rotatable bonds is 5. The maximum atomic E-state index is 13.0. The first kappa shape index (κ1) is 18.2. The molecular formula is C23H19N5O2. The van der Waals surface area contributed by atoms with Crippen LogP contribution in [0.2, 0.25) is 0 Å². The predicted molar refractivity (Wildman–Crippen MR) is 111 cm³/mol. The second kappa shape index (κ2) is 7.51. The second-order valence-electron chi connectivity index (χ2n) is 7.26. The highest BCUT2D eigenvalue weighted by molar-refractivity contribution is 6.07. The Morgan fingerprint density at radius 2 is 1.80 bits per heavy atom. The molecular weight excluding hydrogens is 378 g/mol. The quantitative estimate of drug-likeness (QED) is 0.484. The summed E-state index contributed by atoms with van der Waals surface area (Å²) in [7, 11) is 0. The van der Waals surface area contributed by atoms with Crippen molar-refractivity contribution in [3.63, 3.8) is 0 Å². The summed E-state index contributed by atoms with van der Waals surface area (Å²) in [6.07, 6.45) is 6.37. The number of pyridine rings is 1. The van der Waals surface area contributed by atoms with Crippen molar-refractivity contribution >= 4 is 17.5 Å². The van der Waals surface area contributed by atoms with Crippen LogP contribution < -0.4 is 0 Å². The van der Waals surface area contributed by atoms with Gasteiger partial charge >= 0.3 is 0 Å². The summed E-state index contributed by atoms with van der Waals surface area (Å²) in [6.45, 7) is 1.43. The number of hydrogen-bond acceptors (Lipinski definition) is 5. The van der Waals surface area contributed by atoms with Crippen LogP contribution in [0.3, 0.4) is 0 Å². The number of likely N-dealkylation sites (tertiary alicyclic amines) is 1. The van der Waals surface area contributed by atoms with Gasteiger partial charge in [-0.1, -0.05) is 30.3 Å². The zero-order valence-electron chi connectivity index (χ0n) is 16.2. The molecule has 0 atom stereocenters. The number of hydrogen-bond donors (Lipinski definition) is 0. The Morgan fingerprint density at radius 3 is 2.57 bits per heavy atom. The molecule has 7 heteroatoms. The Kier molecular flexibility index (Phi) is 4.55. The van der Waals surface area contributed by atoms with Crippen molar-refractivity contribution in [1.82, 2.24) is 24.3 Å². The molecule has 1 fully saturated rings. The maximum absolute atomic E-state index is 13.0. The molecule has 5 rings (SSSR count). The van der Waals surface area contributed by atoms with Gasteiger partial charge in [0.15, 0.2) is 5.78 Å². The maximum Gasteiger partial charge on any atom is 0.273 e. The third kappa shape index (κ3) is 3.34. The number of aromatic nitrogens is 4. The van der Waals surface area contributed by atoms with E-state index in [1.54, 1.807) is 29.3 Å². The molecule has 1 amide bonds. The SMILES string of the molecule is O=C(Cc1ccn2cc(-c3ccccc3)nc2n1)c1cccnc1C(=O)N1CCC1. The van der Waals surface area contributed by atoms with Crippen LogP contribution in [-0.2, 0) is 6.42 Å². The molecule has 1 aliphatic rings. The number of Topliss-reactive ketones (excluding diaryl/α,β-unsaturated/α-hetero) is 1. The van der Waals surface area contributed by atoms with Gasteiger partial charge in [-0.2, -0.15) is 0 Å². The van der Waals surface area contributed by atoms with Crippen molar-refractivity contribution in [3.05, 3.63) is 84.1 Å². The van der Waals surface area contributed by atoms with E-state index in [0.29, 0.717) is 30.1 Å². The van der Waals surface area contributed by atoms with Gasteiger partial charge in [-0.3, -0.25) is 19.0 Å². The molecule has 1 aliphatic heterocycles. The van der Waals surface area contributed by atoms with Crippen LogP contribution in [0.25, 0.3) is 17.0 Å². The Bertz CT molecular complexity index is 1240. The van der Waals surface area contributed by atoms with Gasteiger partial charge in [0.05, 0.1) is 17.8 Å². The summed E-state index contributed by atoms with van der Waals surface area (Å²) in [5.41, 5.74) is 2.98. The first-order chi connectivity index (χ1) is 14.7. The molecule has 0 saturated carbocycles. The lowest BCUT2D eigenvalue weighted by molar-refractivity contribution is 0.0641. The zero-order chi connectivity index (χ0) is 20.5. The monoisotopic (exact) mass is 397 g/mol. The fourth-order valence-corrected chi connectivity index (χ4v) is 3.48. The molecule has 0 radical (unpaired) electrons. The molecule has 0 bridgehead atoms. The van der Waals surface area contributed by atoms with Gasteiger partial charge in [-0.05, 0) is 24.6 Å². The molecule has 4 heterocycles. The minimum Gasteiger partial charge on any atom is -0.337 e. The lowest BCUT2D eigenvalue weighted by Crippen LogP contribution is -2.43. The van der Waals surface area contributed by atoms with Gasteiger partial charge in [-0.15, -0.1) is 0 Å². The van der Waals surface area contributed by atoms with Gasteiger partial charge < -0.3 is 4.90 Å². The van der Waals surface area contributed by atoms with Crippen molar-refractivity contribution in [2.45, 2.75) is 12.8 Å². The molecule has 0 N–H and O–H groups in total. The van der Waals surface area contributed by atoms with Crippen molar-refractivity contribution in [2.75, 3.05) is 13.1 Å². The minimum absolute atomic E-state index is 0.0794. The number of fused-ring (bicyclic) bond motifs is 1. The van der Waals surface area contributed by atoms with E-state index in [4.69, 9.17) is 0 Å². The molecule has 0 spiro atoms. The molecule has 1 aromatic carbocycles. The zero-order valence-corrected chi connectivity index (χ0v) is 16.2. The minimum atomic E-state index is -0.186. The van der Waals surface area contributed by atoms with E-state index in [2.05, 4.69) is 15.0 Å². The van der Waals surface area contributed by atoms with Gasteiger partial charge in [0.2, 0.25) is 5.78 Å². The molecule has 0 aliphatic carbocycles. The lowest BCUT2D eigenvalue weighted by Gasteiger charge is -2.30. The number of carbonyl (C=O) groups excluding carboxylic acids is 2. The van der Waals surface area contributed by atoms with Crippen molar-refractivity contribution < 1.29 is 9.59 Å². The highest BCUT2D eigenvalue weighted by atomic mass is 16.2. The molecule has 1 saturated heterocycles. The largest absolute Gasteiger partial charge is 0.337 e. The summed E-state index contributed by atoms with van der Waals surface area (Å²) in [6, 6.07) is 15.0. The topological polar surface area (TPSA) is 80.5 Å². The van der Waals surface area contributed by atoms with E-state index in [1.165, 1.54) is 0 Å². The average Bonchev–Trinajstić information content (AvgIpc) is 3.16. The smallest absolute Gasteiger partial charge is 0.273 e. The van der Waals surface area contributed by atoms with E-state index in [9.17, 15) is 9.59 Å². The van der Waals surface area contributed by atoms with Crippen LogP contribution >= 0.6 is 0 Å². The van der Waals surface area contributed by atoms with E-state index in [1.807, 2.05) is 47.1 Å². The summed E-state index contributed by atoms with van der Waals surface area (Å²) >= 11 is 0. The number of imidazole rings is 1. The Balaban J connectivity index is 1.41. The first-order valence-electron chi connectivity index (χ1n) is 9.86. The lowest BCUT2D eigenvalue weighted by atomic mass is 10.0. The number of carbonyl (C=O) groups is 2. The van der Waals surface area contributed by atoms with Crippen LogP contribution in [0.1, 0.15) is 33.0 Å². The highest BCUT2D eigenvalue weighted by Gasteiger charge is 2.26. The summed E-state index contributed by atoms with van der Waals surface area (Å²) < 4.78 is 1.83. The second-order valence-corrected chi connectivity index (χ2v) is 7.26. The summed E-state index contributed by atoms with van der Waals surface area (Å²) in [5, 5.41) is 0. The highest BCUT2D eigenvalue weighted by Crippen LogP contribution is 2.19. The predicted octanol–water partition coefficient (Wildman–Crippen LogP) is 3.06. The van der Waals surface area contributed by atoms with E-state index in [0.717, 1.165) is 17.7 Å². The molecule has 4 aromatic rings. The van der Waals surface area contributed by atoms with Crippen LogP contribution in [0.5, 0.6) is 0 Å². The molecule has 30 heavy (non-hydrogen) atoms. The first-order valence-corrected chi connectivity index (χ1v) is 9.86. The van der Waals surface area contributed by atoms with Gasteiger partial charge in [0, 0.05) is 42.8 Å². The van der Waals surface area contributed by atoms with Crippen LogP contribution in [-0.4, -0.2) is 49.0 Å². The third-order valence-corrected chi connectivity index (χ3v) is 5.25. The van der Waals surface area contributed by atoms with Gasteiger partial charge in [0.25, 0.3) is 5.91 Å². The molecule has 0 unspecified atom stereocenters. The van der Waals surface area contributed by atoms with Crippen molar-refractivity contribution in [1.29, 1.82) is 0 Å². The average molecular weight is 397 g/mol. The molecule has 7 nitrogen and oxygen atoms in total. The van der Waals surface area contributed by atoms with Crippen molar-refractivity contribution in [2.24, 2.45) is 0 Å². The van der Waals surface area contributed by atoms with Crippen molar-refractivity contribution in [3.8, 4) is 11.3 Å². The fourth-order valence-electron chi connectivity index (χ4n) is 3.48. The van der Waals surface area contributed by atoms with Gasteiger partial charge in [-0.25, -0.2) is 9.97 Å². The standard InChI is InChI=1S/C23H19N5O2/c29-20(18-8-4-10-24-21(18)22(30)27-11-5-12-27)14-17-9-13-28-15-19(26-23(28)25-17)16-6-2-1-3-7-16/h1-4,6-10,13,15H,5,11-12,14H2. The van der Waals surface area contributed by atoms with Crippen LogP contribution in [0, 0.1) is 0 Å². The summed E-state index contributed by atoms with van der Waals surface area (Å²) in [4.78, 5) is 40.6. The van der Waals surface area contributed by atoms with Crippen LogP contribution in [0.4, 0.5) is 0 Å². The van der Waals surface area contributed by atoms with Gasteiger partial charge in [0.1, 0.15) is 5.69 Å². The third-order valence-electron chi connectivity index (χ3n) is 5.25. The number of amides is 1. The number of ketones is 1. The summed E-state index contributed by atoms with van der Waals surface area (Å²) in [5.74, 6) is 0.162. The molecule has 3 aromatic heterocycles. The number of nitrogens with zero attached hydrogens (tertiary/aromatic N) is 5. The Morgan fingerprint density at radius 1 is 0.967 bits per heavy atom. The fraction of sp³-hybridized carbons (Fsp3) is 0.174. The van der Waals surface area contributed by atoms with E-state index in [-0.39, 0.29) is 23.8 Å². The van der Waals surface area contributed by atoms with Crippen LogP contribution in [0.15, 0.2) is 67.1 Å². The van der Waals surface area contributed by atoms with E-state index < -0.39 is 0 Å². The van der Waals surface area contributed by atoms with E-state index >= 15 is 0 Å². The molecule has 148 valence electrons. The Hall–Kier alpha value is -3.87. The Labute approximate surface area is 173 Å². The normalized spacial score (nSPS) is 13.3. The number of benzene rings is 1.